The van der Waals surface area contributed by atoms with Gasteiger partial charge in [0.2, 0.25) is 5.88 Å². The maximum atomic E-state index is 8.68. The van der Waals surface area contributed by atoms with Gasteiger partial charge in [-0.1, -0.05) is 35.5 Å². The normalized spacial score (nSPS) is 11.2. The van der Waals surface area contributed by atoms with Gasteiger partial charge in [0.15, 0.2) is 5.84 Å². The molecule has 1 aromatic heterocycles. The molecule has 18 heavy (non-hydrogen) atoms. The molecule has 0 amide bonds. The Morgan fingerprint density at radius 1 is 1.22 bits per heavy atom. The fourth-order valence-corrected chi connectivity index (χ4v) is 1.48. The zero-order valence-corrected chi connectivity index (χ0v) is 9.65. The van der Waals surface area contributed by atoms with Gasteiger partial charge in [-0.15, -0.1) is 0 Å². The van der Waals surface area contributed by atoms with Crippen LogP contribution in [0, 0.1) is 0 Å². The Kier molecular flexibility index (Phi) is 3.76. The average molecular weight is 243 g/mol. The quantitative estimate of drug-likeness (QED) is 0.371. The van der Waals surface area contributed by atoms with Gasteiger partial charge in [-0.25, -0.2) is 4.98 Å². The zero-order chi connectivity index (χ0) is 12.8. The highest BCUT2D eigenvalue weighted by atomic mass is 16.5. The van der Waals surface area contributed by atoms with Crippen LogP contribution in [0.25, 0.3) is 0 Å². The molecule has 1 heterocycles. The van der Waals surface area contributed by atoms with Gasteiger partial charge in [-0.3, -0.25) is 0 Å². The second-order valence-corrected chi connectivity index (χ2v) is 3.62. The molecule has 0 spiro atoms. The van der Waals surface area contributed by atoms with Crippen LogP contribution in [0.1, 0.15) is 11.1 Å². The van der Waals surface area contributed by atoms with Crippen LogP contribution in [0.5, 0.6) is 5.88 Å². The van der Waals surface area contributed by atoms with Crippen LogP contribution in [-0.4, -0.2) is 16.0 Å². The van der Waals surface area contributed by atoms with E-state index in [1.165, 1.54) is 0 Å². The summed E-state index contributed by atoms with van der Waals surface area (Å²) in [5, 5.41) is 11.6. The zero-order valence-electron chi connectivity index (χ0n) is 9.65. The first-order valence-electron chi connectivity index (χ1n) is 5.41. The minimum atomic E-state index is -0.0221. The number of nitrogens with two attached hydrogens (primary N) is 1. The van der Waals surface area contributed by atoms with Crippen molar-refractivity contribution in [2.45, 2.75) is 6.61 Å². The van der Waals surface area contributed by atoms with E-state index in [1.54, 1.807) is 18.3 Å². The highest BCUT2D eigenvalue weighted by molar-refractivity contribution is 5.98. The van der Waals surface area contributed by atoms with Gasteiger partial charge >= 0.3 is 0 Å². The summed E-state index contributed by atoms with van der Waals surface area (Å²) in [6.45, 7) is 0.379. The van der Waals surface area contributed by atoms with Crippen molar-refractivity contribution in [1.29, 1.82) is 0 Å². The summed E-state index contributed by atoms with van der Waals surface area (Å²) in [5.74, 6) is 0.322. The number of pyridine rings is 1. The molecule has 0 aliphatic rings. The Morgan fingerprint density at radius 3 is 2.72 bits per heavy atom. The van der Waals surface area contributed by atoms with Crippen LogP contribution in [0.15, 0.2) is 53.8 Å². The maximum Gasteiger partial charge on any atom is 0.224 e. The number of ether oxygens (including phenoxy) is 1. The summed E-state index contributed by atoms with van der Waals surface area (Å²) in [5.41, 5.74) is 7.03. The fraction of sp³-hybridized carbons (Fsp3) is 0.0769. The average Bonchev–Trinajstić information content (AvgIpc) is 2.45. The van der Waals surface area contributed by atoms with Crippen molar-refractivity contribution in [2.75, 3.05) is 0 Å². The summed E-state index contributed by atoms with van der Waals surface area (Å²) in [7, 11) is 0. The number of nitrogens with zero attached hydrogens (tertiary/aromatic N) is 2. The molecule has 0 aliphatic heterocycles. The summed E-state index contributed by atoms with van der Waals surface area (Å²) < 4.78 is 5.56. The molecule has 0 saturated heterocycles. The van der Waals surface area contributed by atoms with Crippen LogP contribution in [-0.2, 0) is 6.61 Å². The smallest absolute Gasteiger partial charge is 0.224 e. The van der Waals surface area contributed by atoms with Gasteiger partial charge in [0.25, 0.3) is 0 Å². The highest BCUT2D eigenvalue weighted by Gasteiger charge is 2.09. The summed E-state index contributed by atoms with van der Waals surface area (Å²) >= 11 is 0. The van der Waals surface area contributed by atoms with Crippen LogP contribution in [0.2, 0.25) is 0 Å². The molecule has 0 bridgehead atoms. The maximum absolute atomic E-state index is 8.68. The van der Waals surface area contributed by atoms with E-state index in [0.717, 1.165) is 5.56 Å². The van der Waals surface area contributed by atoms with E-state index in [1.807, 2.05) is 30.3 Å². The summed E-state index contributed by atoms with van der Waals surface area (Å²) in [6.07, 6.45) is 1.59. The van der Waals surface area contributed by atoms with E-state index >= 15 is 0 Å². The van der Waals surface area contributed by atoms with Crippen molar-refractivity contribution in [3.8, 4) is 5.88 Å². The van der Waals surface area contributed by atoms with Gasteiger partial charge in [0.05, 0.1) is 5.56 Å². The van der Waals surface area contributed by atoms with Crippen molar-refractivity contribution in [1.82, 2.24) is 4.98 Å². The van der Waals surface area contributed by atoms with Crippen LogP contribution in [0.3, 0.4) is 0 Å². The fourth-order valence-electron chi connectivity index (χ4n) is 1.48. The third-order valence-electron chi connectivity index (χ3n) is 2.37. The Balaban J connectivity index is 2.15. The van der Waals surface area contributed by atoms with Gasteiger partial charge in [-0.2, -0.15) is 0 Å². The molecule has 3 N–H and O–H groups in total. The molecular formula is C13H13N3O2. The molecule has 0 aliphatic carbocycles. The first-order chi connectivity index (χ1) is 8.81. The molecule has 2 rings (SSSR count). The van der Waals surface area contributed by atoms with Crippen molar-refractivity contribution in [2.24, 2.45) is 10.9 Å². The number of benzene rings is 1. The molecule has 5 heteroatoms. The van der Waals surface area contributed by atoms with Crippen molar-refractivity contribution < 1.29 is 9.94 Å². The molecule has 0 fully saturated rings. The first kappa shape index (κ1) is 11.9. The predicted molar refractivity (Wildman–Crippen MR) is 67.5 cm³/mol. The lowest BCUT2D eigenvalue weighted by atomic mass is 10.2. The number of amidine groups is 1. The third kappa shape index (κ3) is 2.76. The van der Waals surface area contributed by atoms with E-state index in [2.05, 4.69) is 10.1 Å². The number of rotatable bonds is 4. The second-order valence-electron chi connectivity index (χ2n) is 3.62. The minimum absolute atomic E-state index is 0.0221. The molecule has 0 saturated carbocycles. The molecule has 2 aromatic rings. The molecular weight excluding hydrogens is 230 g/mol. The van der Waals surface area contributed by atoms with Gasteiger partial charge in [0, 0.05) is 6.20 Å². The summed E-state index contributed by atoms with van der Waals surface area (Å²) in [6, 6.07) is 13.1. The number of oxime groups is 1. The standard InChI is InChI=1S/C13H13N3O2/c14-12(16-17)11-7-4-8-15-13(11)18-9-10-5-2-1-3-6-10/h1-8,17H,9H2,(H2,14,16). The number of hydrogen-bond donors (Lipinski definition) is 2. The van der Waals surface area contributed by atoms with E-state index < -0.39 is 0 Å². The molecule has 5 nitrogen and oxygen atoms in total. The third-order valence-corrected chi connectivity index (χ3v) is 2.37. The lowest BCUT2D eigenvalue weighted by Gasteiger charge is -2.08. The molecule has 0 atom stereocenters. The molecule has 1 aromatic carbocycles. The second kappa shape index (κ2) is 5.67. The predicted octanol–water partition coefficient (Wildman–Crippen LogP) is 1.76. The summed E-state index contributed by atoms with van der Waals surface area (Å²) in [4.78, 5) is 4.07. The van der Waals surface area contributed by atoms with E-state index in [4.69, 9.17) is 15.7 Å². The van der Waals surface area contributed by atoms with Crippen LogP contribution >= 0.6 is 0 Å². The number of hydrogen-bond acceptors (Lipinski definition) is 4. The van der Waals surface area contributed by atoms with E-state index in [9.17, 15) is 0 Å². The van der Waals surface area contributed by atoms with E-state index in [0.29, 0.717) is 18.1 Å². The van der Waals surface area contributed by atoms with Gasteiger partial charge < -0.3 is 15.7 Å². The Labute approximate surface area is 105 Å². The molecule has 0 radical (unpaired) electrons. The van der Waals surface area contributed by atoms with E-state index in [-0.39, 0.29) is 5.84 Å². The minimum Gasteiger partial charge on any atom is -0.472 e. The highest BCUT2D eigenvalue weighted by Crippen LogP contribution is 2.15. The first-order valence-corrected chi connectivity index (χ1v) is 5.41. The SMILES string of the molecule is N/C(=N\O)c1cccnc1OCc1ccccc1. The Morgan fingerprint density at radius 2 is 2.00 bits per heavy atom. The van der Waals surface area contributed by atoms with Crippen LogP contribution < -0.4 is 10.5 Å². The number of aromatic nitrogens is 1. The van der Waals surface area contributed by atoms with Gasteiger partial charge in [-0.05, 0) is 17.7 Å². The van der Waals surface area contributed by atoms with Crippen molar-refractivity contribution in [3.05, 3.63) is 59.8 Å². The molecule has 0 unspecified atom stereocenters. The lowest BCUT2D eigenvalue weighted by molar-refractivity contribution is 0.292. The monoisotopic (exact) mass is 243 g/mol. The van der Waals surface area contributed by atoms with Crippen LogP contribution in [0.4, 0.5) is 0 Å². The topological polar surface area (TPSA) is 80.7 Å². The largest absolute Gasteiger partial charge is 0.472 e. The van der Waals surface area contributed by atoms with Crippen molar-refractivity contribution >= 4 is 5.84 Å². The van der Waals surface area contributed by atoms with Crippen molar-refractivity contribution in [3.63, 3.8) is 0 Å². The van der Waals surface area contributed by atoms with Gasteiger partial charge in [0.1, 0.15) is 6.61 Å². The molecule has 92 valence electrons. The Bertz CT molecular complexity index is 541. The Hall–Kier alpha value is -2.56. The lowest BCUT2D eigenvalue weighted by Crippen LogP contribution is -2.15.